The molecule has 0 aliphatic carbocycles. The van der Waals surface area contributed by atoms with E-state index < -0.39 is 0 Å². The van der Waals surface area contributed by atoms with Crippen molar-refractivity contribution in [2.75, 3.05) is 5.32 Å². The molecule has 3 heterocycles. The number of pyridine rings is 1. The molecule has 5 rings (SSSR count). The Morgan fingerprint density at radius 3 is 2.55 bits per heavy atom. The van der Waals surface area contributed by atoms with Crippen LogP contribution >= 0.6 is 11.3 Å². The highest BCUT2D eigenvalue weighted by molar-refractivity contribution is 7.21. The molecule has 0 radical (unpaired) electrons. The van der Waals surface area contributed by atoms with Gasteiger partial charge in [0.25, 0.3) is 5.91 Å². The average molecular weight is 398 g/mol. The standard InChI is InChI=1S/C22H14N4O2S/c27-20(18-13-19(28-26-18)14-5-2-1-3-6-14)24-16-10-8-15(9-11-16)21-25-17-7-4-12-23-22(17)29-21/h1-13H,(H,24,27). The average Bonchev–Trinajstić information content (AvgIpc) is 3.42. The molecule has 29 heavy (non-hydrogen) atoms. The van der Waals surface area contributed by atoms with Crippen molar-refractivity contribution in [1.82, 2.24) is 15.1 Å². The second kappa shape index (κ2) is 7.29. The van der Waals surface area contributed by atoms with Gasteiger partial charge in [0.2, 0.25) is 0 Å². The van der Waals surface area contributed by atoms with E-state index in [2.05, 4.69) is 20.4 Å². The topological polar surface area (TPSA) is 80.9 Å². The normalized spacial score (nSPS) is 10.9. The van der Waals surface area contributed by atoms with Gasteiger partial charge in [0, 0.05) is 29.1 Å². The first kappa shape index (κ1) is 17.3. The van der Waals surface area contributed by atoms with Crippen LogP contribution in [-0.4, -0.2) is 21.0 Å². The monoisotopic (exact) mass is 398 g/mol. The number of anilines is 1. The van der Waals surface area contributed by atoms with Gasteiger partial charge in [-0.25, -0.2) is 9.97 Å². The summed E-state index contributed by atoms with van der Waals surface area (Å²) in [6.07, 6.45) is 1.76. The Bertz CT molecular complexity index is 1260. The number of thiazole rings is 1. The summed E-state index contributed by atoms with van der Waals surface area (Å²) in [4.78, 5) is 22.3. The van der Waals surface area contributed by atoms with Gasteiger partial charge in [0.05, 0.1) is 0 Å². The molecule has 3 aromatic heterocycles. The molecule has 7 heteroatoms. The highest BCUT2D eigenvalue weighted by atomic mass is 32.1. The van der Waals surface area contributed by atoms with Crippen molar-refractivity contribution in [2.24, 2.45) is 0 Å². The van der Waals surface area contributed by atoms with Crippen molar-refractivity contribution < 1.29 is 9.32 Å². The molecule has 0 unspecified atom stereocenters. The zero-order valence-corrected chi connectivity index (χ0v) is 15.9. The Morgan fingerprint density at radius 1 is 0.931 bits per heavy atom. The van der Waals surface area contributed by atoms with Crippen LogP contribution in [0, 0.1) is 0 Å². The van der Waals surface area contributed by atoms with E-state index in [0.717, 1.165) is 26.5 Å². The van der Waals surface area contributed by atoms with Crippen LogP contribution in [0.4, 0.5) is 5.69 Å². The van der Waals surface area contributed by atoms with Crippen LogP contribution in [0.1, 0.15) is 10.5 Å². The Labute approximate surface area is 169 Å². The Balaban J connectivity index is 1.32. The predicted molar refractivity (Wildman–Crippen MR) is 113 cm³/mol. The summed E-state index contributed by atoms with van der Waals surface area (Å²) in [7, 11) is 0. The summed E-state index contributed by atoms with van der Waals surface area (Å²) in [5.74, 6) is 0.225. The van der Waals surface area contributed by atoms with Crippen LogP contribution in [-0.2, 0) is 0 Å². The zero-order chi connectivity index (χ0) is 19.6. The minimum Gasteiger partial charge on any atom is -0.355 e. The molecule has 1 N–H and O–H groups in total. The number of nitrogens with one attached hydrogen (secondary N) is 1. The van der Waals surface area contributed by atoms with Gasteiger partial charge in [-0.15, -0.1) is 0 Å². The molecule has 2 aromatic carbocycles. The maximum absolute atomic E-state index is 12.5. The van der Waals surface area contributed by atoms with Crippen LogP contribution in [0.3, 0.4) is 0 Å². The van der Waals surface area contributed by atoms with Gasteiger partial charge in [0.1, 0.15) is 15.4 Å². The van der Waals surface area contributed by atoms with Crippen molar-refractivity contribution in [1.29, 1.82) is 0 Å². The van der Waals surface area contributed by atoms with E-state index in [1.165, 1.54) is 11.3 Å². The van der Waals surface area contributed by atoms with Crippen LogP contribution in [0.25, 0.3) is 32.2 Å². The third-order valence-electron chi connectivity index (χ3n) is 4.36. The summed E-state index contributed by atoms with van der Waals surface area (Å²) in [6, 6.07) is 22.5. The Kier molecular flexibility index (Phi) is 4.34. The van der Waals surface area contributed by atoms with Crippen molar-refractivity contribution >= 4 is 33.3 Å². The van der Waals surface area contributed by atoms with Gasteiger partial charge in [-0.3, -0.25) is 4.79 Å². The largest absolute Gasteiger partial charge is 0.355 e. The van der Waals surface area contributed by atoms with Gasteiger partial charge in [-0.1, -0.05) is 46.8 Å². The molecule has 0 fully saturated rings. The number of benzene rings is 2. The lowest BCUT2D eigenvalue weighted by Crippen LogP contribution is -2.11. The fraction of sp³-hybridized carbons (Fsp3) is 0. The molecule has 0 aliphatic rings. The van der Waals surface area contributed by atoms with E-state index >= 15 is 0 Å². The van der Waals surface area contributed by atoms with Crippen LogP contribution in [0.5, 0.6) is 0 Å². The summed E-state index contributed by atoms with van der Waals surface area (Å²) < 4.78 is 5.29. The van der Waals surface area contributed by atoms with E-state index in [0.29, 0.717) is 11.4 Å². The molecular formula is C22H14N4O2S. The second-order valence-electron chi connectivity index (χ2n) is 6.32. The Morgan fingerprint density at radius 2 is 1.76 bits per heavy atom. The number of carbonyl (C=O) groups is 1. The van der Waals surface area contributed by atoms with E-state index in [1.807, 2.05) is 66.7 Å². The summed E-state index contributed by atoms with van der Waals surface area (Å²) >= 11 is 1.54. The van der Waals surface area contributed by atoms with Crippen LogP contribution < -0.4 is 5.32 Å². The first-order chi connectivity index (χ1) is 14.3. The number of hydrogen-bond donors (Lipinski definition) is 1. The van der Waals surface area contributed by atoms with E-state index in [1.54, 1.807) is 12.3 Å². The Hall–Kier alpha value is -3.84. The summed E-state index contributed by atoms with van der Waals surface area (Å²) in [5, 5.41) is 7.60. The molecular weight excluding hydrogens is 384 g/mol. The zero-order valence-electron chi connectivity index (χ0n) is 15.1. The second-order valence-corrected chi connectivity index (χ2v) is 7.30. The first-order valence-corrected chi connectivity index (χ1v) is 9.73. The van der Waals surface area contributed by atoms with Crippen molar-refractivity contribution in [3.63, 3.8) is 0 Å². The molecule has 0 spiro atoms. The van der Waals surface area contributed by atoms with Gasteiger partial charge < -0.3 is 9.84 Å². The van der Waals surface area contributed by atoms with Crippen molar-refractivity contribution in [3.8, 4) is 21.9 Å². The minimum atomic E-state index is -0.326. The third-order valence-corrected chi connectivity index (χ3v) is 5.39. The molecule has 0 bridgehead atoms. The quantitative estimate of drug-likeness (QED) is 0.446. The van der Waals surface area contributed by atoms with Crippen LogP contribution in [0.2, 0.25) is 0 Å². The lowest BCUT2D eigenvalue weighted by Gasteiger charge is -2.03. The first-order valence-electron chi connectivity index (χ1n) is 8.92. The SMILES string of the molecule is O=C(Nc1ccc(-c2nc3cccnc3s2)cc1)c1cc(-c2ccccc2)on1. The number of rotatable bonds is 4. The van der Waals surface area contributed by atoms with E-state index in [-0.39, 0.29) is 11.6 Å². The molecule has 0 atom stereocenters. The molecule has 0 saturated carbocycles. The maximum atomic E-state index is 12.5. The number of nitrogens with zero attached hydrogens (tertiary/aromatic N) is 3. The highest BCUT2D eigenvalue weighted by Crippen LogP contribution is 2.29. The minimum absolute atomic E-state index is 0.227. The van der Waals surface area contributed by atoms with Gasteiger partial charge in [-0.05, 0) is 36.4 Å². The predicted octanol–water partition coefficient (Wildman–Crippen LogP) is 5.27. The van der Waals surface area contributed by atoms with E-state index in [4.69, 9.17) is 4.52 Å². The maximum Gasteiger partial charge on any atom is 0.277 e. The number of hydrogen-bond acceptors (Lipinski definition) is 6. The fourth-order valence-electron chi connectivity index (χ4n) is 2.91. The molecule has 5 aromatic rings. The third kappa shape index (κ3) is 3.51. The highest BCUT2D eigenvalue weighted by Gasteiger charge is 2.14. The molecule has 140 valence electrons. The number of aromatic nitrogens is 3. The molecule has 6 nitrogen and oxygen atoms in total. The van der Waals surface area contributed by atoms with Gasteiger partial charge in [-0.2, -0.15) is 0 Å². The van der Waals surface area contributed by atoms with Gasteiger partial charge >= 0.3 is 0 Å². The number of fused-ring (bicyclic) bond motifs is 1. The van der Waals surface area contributed by atoms with Crippen molar-refractivity contribution in [3.05, 3.63) is 84.7 Å². The number of carbonyl (C=O) groups excluding carboxylic acids is 1. The van der Waals surface area contributed by atoms with Crippen molar-refractivity contribution in [2.45, 2.75) is 0 Å². The molecule has 0 aliphatic heterocycles. The van der Waals surface area contributed by atoms with Crippen LogP contribution in [0.15, 0.2) is 83.5 Å². The van der Waals surface area contributed by atoms with E-state index in [9.17, 15) is 4.79 Å². The van der Waals surface area contributed by atoms with Gasteiger partial charge in [0.15, 0.2) is 11.5 Å². The summed E-state index contributed by atoms with van der Waals surface area (Å²) in [6.45, 7) is 0. The fourth-order valence-corrected chi connectivity index (χ4v) is 3.82. The number of amides is 1. The summed E-state index contributed by atoms with van der Waals surface area (Å²) in [5.41, 5.74) is 3.62. The lowest BCUT2D eigenvalue weighted by molar-refractivity contribution is 0.101. The smallest absolute Gasteiger partial charge is 0.277 e. The molecule has 1 amide bonds. The molecule has 0 saturated heterocycles. The lowest BCUT2D eigenvalue weighted by atomic mass is 10.1.